The number of hydrogen-bond acceptors (Lipinski definition) is 9. The maximum absolute atomic E-state index is 10.7. The molecule has 0 radical (unpaired) electrons. The van der Waals surface area contributed by atoms with Crippen molar-refractivity contribution in [2.45, 2.75) is 168 Å². The van der Waals surface area contributed by atoms with Gasteiger partial charge in [0.2, 0.25) is 0 Å². The summed E-state index contributed by atoms with van der Waals surface area (Å²) in [6.07, 6.45) is 9.76. The highest BCUT2D eigenvalue weighted by Gasteiger charge is 2.53. The number of allylic oxidation sites excluding steroid dienone is 6. The average molecular weight is 2490 g/mol. The fourth-order valence-electron chi connectivity index (χ4n) is 13.9. The van der Waals surface area contributed by atoms with Crippen LogP contribution in [0, 0.1) is 40.1 Å². The summed E-state index contributed by atoms with van der Waals surface area (Å²) in [4.78, 5) is 0. The fraction of sp³-hybridized carbons (Fsp3) is 0.367. The van der Waals surface area contributed by atoms with E-state index in [9.17, 15) is 15.3 Å². The van der Waals surface area contributed by atoms with Crippen molar-refractivity contribution in [1.82, 2.24) is 0 Å². The lowest BCUT2D eigenvalue weighted by molar-refractivity contribution is 0.155. The minimum Gasteiger partial charge on any atom is -0.393 e. The normalized spacial score (nSPS) is 16.6. The van der Waals surface area contributed by atoms with E-state index in [0.29, 0.717) is 18.8 Å². The van der Waals surface area contributed by atoms with Gasteiger partial charge in [0.05, 0.1) is 34.5 Å². The summed E-state index contributed by atoms with van der Waals surface area (Å²) in [6.45, 7) is 34.6. The summed E-state index contributed by atoms with van der Waals surface area (Å²) < 4.78 is 0. The van der Waals surface area contributed by atoms with Gasteiger partial charge < -0.3 is 15.3 Å². The molecule has 47 heteroatoms. The van der Waals surface area contributed by atoms with Crippen molar-refractivity contribution < 1.29 is 15.3 Å². The maximum Gasteiger partial charge on any atom is 0.129 e. The molecule has 0 amide bonds. The van der Waals surface area contributed by atoms with Crippen LogP contribution < -0.4 is 0 Å². The van der Waals surface area contributed by atoms with E-state index in [1.807, 2.05) is 55.5 Å². The largest absolute Gasteiger partial charge is 0.393 e. The molecule has 126 heavy (non-hydrogen) atoms. The molecule has 3 nitrogen and oxygen atoms in total. The van der Waals surface area contributed by atoms with Crippen LogP contribution in [0.3, 0.4) is 0 Å². The smallest absolute Gasteiger partial charge is 0.129 e. The monoisotopic (exact) mass is 2490 g/mol. The molecule has 2 fully saturated rings. The van der Waals surface area contributed by atoms with Crippen LogP contribution in [-0.4, -0.2) is 57.9 Å². The number of aliphatic hydroxyl groups excluding tert-OH is 3. The lowest BCUT2D eigenvalue weighted by Crippen LogP contribution is -2.40. The molecule has 6 atom stereocenters. The Morgan fingerprint density at radius 3 is 1.15 bits per heavy atom. The van der Waals surface area contributed by atoms with Gasteiger partial charge in [0.15, 0.2) is 0 Å². The van der Waals surface area contributed by atoms with E-state index in [-0.39, 0.29) is 29.1 Å². The van der Waals surface area contributed by atoms with E-state index >= 15 is 0 Å². The summed E-state index contributed by atoms with van der Waals surface area (Å²) in [5.41, 5.74) is 19.4. The molecule has 0 saturated heterocycles. The first-order valence-electron chi connectivity index (χ1n) is 37.6. The number of aliphatic hydroxyl groups is 3. The summed E-state index contributed by atoms with van der Waals surface area (Å²) in [5.74, 6) is 9.48. The third kappa shape index (κ3) is 52.3. The second-order valence-corrected chi connectivity index (χ2v) is 107. The minimum atomic E-state index is -1.55. The Labute approximate surface area is 882 Å². The van der Waals surface area contributed by atoms with Gasteiger partial charge in [-0.1, -0.05) is 276 Å². The Balaban J connectivity index is 0.000000321. The highest BCUT2D eigenvalue weighted by Crippen LogP contribution is 2.61. The fourth-order valence-corrected chi connectivity index (χ4v) is 97.9. The van der Waals surface area contributed by atoms with Gasteiger partial charge in [-0.3, -0.25) is 0 Å². The van der Waals surface area contributed by atoms with Crippen molar-refractivity contribution in [2.24, 2.45) is 16.7 Å². The van der Waals surface area contributed by atoms with E-state index in [2.05, 4.69) is 258 Å². The number of hydrogen-bond donors (Lipinski definition) is 3. The third-order valence-electron chi connectivity index (χ3n) is 18.2. The van der Waals surface area contributed by atoms with Crippen LogP contribution in [0.25, 0.3) is 11.1 Å². The van der Waals surface area contributed by atoms with Gasteiger partial charge in [0, 0.05) is 402 Å². The Morgan fingerprint density at radius 1 is 0.437 bits per heavy atom. The van der Waals surface area contributed by atoms with E-state index in [0.717, 1.165) is 75.3 Å². The van der Waals surface area contributed by atoms with Crippen LogP contribution in [0.1, 0.15) is 105 Å². The van der Waals surface area contributed by atoms with Gasteiger partial charge in [0.25, 0.3) is 0 Å². The molecule has 0 unspecified atom stereocenters. The highest BCUT2D eigenvalue weighted by molar-refractivity contribution is 8.79. The molecule has 10 rings (SSSR count). The van der Waals surface area contributed by atoms with Gasteiger partial charge in [0.1, 0.15) is 8.07 Å². The quantitative estimate of drug-likeness (QED) is 0.0596. The molecule has 4 aliphatic rings. The molecule has 0 aliphatic heterocycles. The van der Waals surface area contributed by atoms with Crippen LogP contribution in [0.15, 0.2) is 228 Å². The summed E-state index contributed by atoms with van der Waals surface area (Å²) >= 11 is 27.6. The zero-order valence-corrected chi connectivity index (χ0v) is 107. The highest BCUT2D eigenvalue weighted by atomic mass is 33.5. The van der Waals surface area contributed by atoms with E-state index in [1.165, 1.54) is 109 Å². The van der Waals surface area contributed by atoms with Crippen molar-refractivity contribution in [3.05, 3.63) is 261 Å². The van der Waals surface area contributed by atoms with Gasteiger partial charge >= 0.3 is 0 Å². The van der Waals surface area contributed by atoms with Gasteiger partial charge in [-0.25, -0.2) is 0 Å². The molecular weight excluding hydrogens is 2400 g/mol. The molecule has 4 aliphatic carbocycles. The molecule has 690 valence electrons. The van der Waals surface area contributed by atoms with Crippen LogP contribution in [0.5, 0.6) is 0 Å². The predicted molar refractivity (Wildman–Crippen MR) is 675 cm³/mol. The Bertz CT molecular complexity index is 6510. The molecular formula is C79H98O3S41Si3. The van der Waals surface area contributed by atoms with Gasteiger partial charge in [-0.2, -0.15) is 0 Å². The molecule has 0 heterocycles. The molecule has 6 aromatic carbocycles. The van der Waals surface area contributed by atoms with Crippen LogP contribution in [0.4, 0.5) is 0 Å². The second-order valence-electron chi connectivity index (χ2n) is 30.0. The lowest BCUT2D eigenvalue weighted by Gasteiger charge is -2.46. The van der Waals surface area contributed by atoms with Crippen LogP contribution >= 0.6 is 0 Å². The average Bonchev–Trinajstić information content (AvgIpc) is 1.52. The predicted octanol–water partition coefficient (Wildman–Crippen LogP) is 18.9. The number of fused-ring (bicyclic) bond motifs is 2. The molecule has 0 spiro atoms. The summed E-state index contributed by atoms with van der Waals surface area (Å²) in [6, 6.07) is 63.8. The molecule has 2 saturated carbocycles. The van der Waals surface area contributed by atoms with Crippen LogP contribution in [-0.2, 0) is 397 Å². The first-order chi connectivity index (χ1) is 60.6. The van der Waals surface area contributed by atoms with Crippen molar-refractivity contribution >= 4 is 413 Å². The van der Waals surface area contributed by atoms with Crippen molar-refractivity contribution in [2.75, 3.05) is 0 Å². The first-order valence-corrected chi connectivity index (χ1v) is 98.7. The van der Waals surface area contributed by atoms with Crippen molar-refractivity contribution in [1.29, 1.82) is 0 Å². The molecule has 0 aromatic heterocycles. The second kappa shape index (κ2) is 72.9. The first kappa shape index (κ1) is 121. The lowest BCUT2D eigenvalue weighted by atomic mass is 9.63. The SMILES string of the molecule is C=C(Cc1ccccc1)C[C@@H](O)CC#CCC.C=C1C(c2ccccc2)=C([Si](C)(C)C)C[C@@]2(Cc3ccccc3)C[C@@H](O)C[C@H]12.CC1=C2C[C@H](O)C[C@]2(Cc2ccccc2)CC([Si](C)(C)C)=C1c1ccccc1.C[Si](C)(C)C#Cc1ccccc1.S=S=S=S.S=S=S=S=S=S=S=S=S=S=S=S=S=S=S=S=S=S.S=S=S=S=S=S=S=S=S=S=S=S=S=S=S=S=S=S=S. The van der Waals surface area contributed by atoms with Crippen molar-refractivity contribution in [3.63, 3.8) is 0 Å². The number of rotatable bonds is 13. The standard InChI is InChI=1S/2C26H32OSi.C16H20O.C11H14Si.S19.S18.S4/c2*1-19-23-15-22(27)17-26(23,16-20-11-7-5-8-12-20)18-24(28(2,3)4)25(19)21-13-9-6-10-14-21;1-3-4-6-11-16(17)13-14(2)12-15-9-7-5-8-10-15;1-12(2,3)10-9-11-7-5-4-6-8-11;1-3-5-7-9-11-13-15-17-19-18-16-14-12-10-8-6-4-2;1-3-5-7-9-11-13-15-17-18-16-14-12-10-8-6-4-2;1-3-4-2/h5-14,22,27H,15-18H2,1-4H3;5-14,22-23,27H,1,15-18H2,2-4H3;5,7-10,16-17H,2-3,11-13H2,1H3;4-8H,1-3H3;;;/t22-,26+;22-,23+,26+;16-;;;;/m000..../s1. The maximum atomic E-state index is 10.7. The van der Waals surface area contributed by atoms with Gasteiger partial charge in [-0.15, -0.1) is 17.4 Å². The zero-order chi connectivity index (χ0) is 92.2. The molecule has 0 bridgehead atoms. The minimum absolute atomic E-state index is 0.0821. The zero-order valence-electron chi connectivity index (χ0n) is 70.1. The van der Waals surface area contributed by atoms with E-state index in [1.54, 1.807) is 268 Å². The summed E-state index contributed by atoms with van der Waals surface area (Å²) in [7, 11) is 54.2. The Hall–Kier alpha value is 2.69. The van der Waals surface area contributed by atoms with Crippen LogP contribution in [0.2, 0.25) is 58.9 Å². The van der Waals surface area contributed by atoms with Crippen molar-refractivity contribution in [3.8, 4) is 23.3 Å². The summed E-state index contributed by atoms with van der Waals surface area (Å²) in [5, 5.41) is 34.5. The van der Waals surface area contributed by atoms with Gasteiger partial charge in [-0.05, 0) is 145 Å². The Kier molecular flexibility index (Phi) is 70.0. The van der Waals surface area contributed by atoms with E-state index in [4.69, 9.17) is 44.8 Å². The van der Waals surface area contributed by atoms with E-state index < -0.39 is 24.2 Å². The topological polar surface area (TPSA) is 60.7 Å². The number of benzene rings is 6. The molecule has 3 N–H and O–H groups in total. The Morgan fingerprint density at radius 2 is 0.786 bits per heavy atom. The third-order valence-corrected chi connectivity index (χ3v) is 94.7. The molecule has 6 aromatic rings.